The van der Waals surface area contributed by atoms with Crippen molar-refractivity contribution >= 4 is 27.5 Å². The number of nitro benzene ring substituents is 1. The van der Waals surface area contributed by atoms with E-state index in [4.69, 9.17) is 10.6 Å². The van der Waals surface area contributed by atoms with Gasteiger partial charge < -0.3 is 4.74 Å². The Morgan fingerprint density at radius 1 is 1.65 bits per heavy atom. The summed E-state index contributed by atoms with van der Waals surface area (Å²) in [5, 5.41) is 10.8. The van der Waals surface area contributed by atoms with Gasteiger partial charge in [0.2, 0.25) is 5.75 Å². The minimum absolute atomic E-state index is 0.00593. The molecule has 0 saturated heterocycles. The lowest BCUT2D eigenvalue weighted by molar-refractivity contribution is -0.386. The Morgan fingerprint density at radius 3 is 2.82 bits per heavy atom. The van der Waals surface area contributed by atoms with E-state index >= 15 is 0 Å². The molecule has 8 heteroatoms. The van der Waals surface area contributed by atoms with E-state index in [1.165, 1.54) is 19.1 Å². The number of benzene rings is 1. The summed E-state index contributed by atoms with van der Waals surface area (Å²) < 4.78 is 5.60. The zero-order chi connectivity index (χ0) is 13.0. The standard InChI is InChI=1S/C9H10BrN3O4/c1-5(9(14)12-11)17-8-6(10)3-2-4-7(8)13(15)16/h2-5H,11H2,1H3,(H,12,14). The Hall–Kier alpha value is -1.67. The fourth-order valence-corrected chi connectivity index (χ4v) is 1.55. The van der Waals surface area contributed by atoms with E-state index in [1.54, 1.807) is 6.07 Å². The molecule has 7 nitrogen and oxygen atoms in total. The highest BCUT2D eigenvalue weighted by Gasteiger charge is 2.22. The van der Waals surface area contributed by atoms with Crippen LogP contribution < -0.4 is 16.0 Å². The van der Waals surface area contributed by atoms with E-state index in [0.29, 0.717) is 4.47 Å². The summed E-state index contributed by atoms with van der Waals surface area (Å²) >= 11 is 3.12. The van der Waals surface area contributed by atoms with E-state index in [0.717, 1.165) is 0 Å². The minimum Gasteiger partial charge on any atom is -0.473 e. The molecule has 0 aromatic heterocycles. The number of nitrogens with one attached hydrogen (secondary N) is 1. The van der Waals surface area contributed by atoms with Crippen LogP contribution in [0.25, 0.3) is 0 Å². The number of hydrazine groups is 1. The molecule has 1 atom stereocenters. The first-order valence-electron chi connectivity index (χ1n) is 4.57. The lowest BCUT2D eigenvalue weighted by Crippen LogP contribution is -2.40. The van der Waals surface area contributed by atoms with Gasteiger partial charge in [0.25, 0.3) is 5.91 Å². The van der Waals surface area contributed by atoms with Crippen molar-refractivity contribution in [2.45, 2.75) is 13.0 Å². The molecular weight excluding hydrogens is 294 g/mol. The average molecular weight is 304 g/mol. The summed E-state index contributed by atoms with van der Waals surface area (Å²) in [6, 6.07) is 4.37. The summed E-state index contributed by atoms with van der Waals surface area (Å²) in [7, 11) is 0. The fraction of sp³-hybridized carbons (Fsp3) is 0.222. The quantitative estimate of drug-likeness (QED) is 0.375. The molecule has 0 radical (unpaired) electrons. The fourth-order valence-electron chi connectivity index (χ4n) is 1.11. The van der Waals surface area contributed by atoms with Crippen LogP contribution in [0.2, 0.25) is 0 Å². The van der Waals surface area contributed by atoms with Crippen molar-refractivity contribution < 1.29 is 14.5 Å². The zero-order valence-electron chi connectivity index (χ0n) is 8.84. The molecule has 0 saturated carbocycles. The SMILES string of the molecule is CC(Oc1c(Br)cccc1[N+](=O)[O-])C(=O)NN. The van der Waals surface area contributed by atoms with Gasteiger partial charge in [0.05, 0.1) is 9.40 Å². The summed E-state index contributed by atoms with van der Waals surface area (Å²) in [5.74, 6) is 4.36. The Bertz CT molecular complexity index is 452. The molecule has 0 aliphatic carbocycles. The van der Waals surface area contributed by atoms with Crippen molar-refractivity contribution in [3.63, 3.8) is 0 Å². The summed E-state index contributed by atoms with van der Waals surface area (Å²) in [4.78, 5) is 21.3. The van der Waals surface area contributed by atoms with Crippen molar-refractivity contribution in [1.29, 1.82) is 0 Å². The third kappa shape index (κ3) is 3.14. The lowest BCUT2D eigenvalue weighted by Gasteiger charge is -2.13. The van der Waals surface area contributed by atoms with Gasteiger partial charge in [-0.3, -0.25) is 20.3 Å². The van der Waals surface area contributed by atoms with Gasteiger partial charge in [-0.1, -0.05) is 6.07 Å². The molecule has 92 valence electrons. The van der Waals surface area contributed by atoms with Crippen LogP contribution in [0.1, 0.15) is 6.92 Å². The first kappa shape index (κ1) is 13.4. The van der Waals surface area contributed by atoms with Crippen LogP contribution >= 0.6 is 15.9 Å². The van der Waals surface area contributed by atoms with Gasteiger partial charge in [-0.05, 0) is 28.9 Å². The monoisotopic (exact) mass is 303 g/mol. The summed E-state index contributed by atoms with van der Waals surface area (Å²) in [5.41, 5.74) is 1.68. The number of rotatable bonds is 4. The first-order valence-corrected chi connectivity index (χ1v) is 5.36. The second-order valence-corrected chi connectivity index (χ2v) is 3.97. The summed E-state index contributed by atoms with van der Waals surface area (Å²) in [6.07, 6.45) is -0.933. The molecule has 1 unspecified atom stereocenters. The highest BCUT2D eigenvalue weighted by Crippen LogP contribution is 2.35. The molecule has 0 aliphatic heterocycles. The van der Waals surface area contributed by atoms with Crippen molar-refractivity contribution in [3.8, 4) is 5.75 Å². The van der Waals surface area contributed by atoms with Gasteiger partial charge in [0.15, 0.2) is 6.10 Å². The molecule has 0 heterocycles. The number of amides is 1. The van der Waals surface area contributed by atoms with Crippen LogP contribution in [0, 0.1) is 10.1 Å². The van der Waals surface area contributed by atoms with E-state index in [2.05, 4.69) is 15.9 Å². The highest BCUT2D eigenvalue weighted by molar-refractivity contribution is 9.10. The van der Waals surface area contributed by atoms with Crippen LogP contribution in [0.3, 0.4) is 0 Å². The van der Waals surface area contributed by atoms with Crippen LogP contribution in [-0.4, -0.2) is 16.9 Å². The maximum Gasteiger partial charge on any atom is 0.312 e. The molecule has 0 bridgehead atoms. The second kappa shape index (κ2) is 5.60. The number of nitrogens with zero attached hydrogens (tertiary/aromatic N) is 1. The number of ether oxygens (including phenoxy) is 1. The highest BCUT2D eigenvalue weighted by atomic mass is 79.9. The van der Waals surface area contributed by atoms with E-state index in [-0.39, 0.29) is 11.4 Å². The number of hydrogen-bond acceptors (Lipinski definition) is 5. The van der Waals surface area contributed by atoms with Crippen LogP contribution in [0.5, 0.6) is 5.75 Å². The van der Waals surface area contributed by atoms with Gasteiger partial charge in [-0.2, -0.15) is 0 Å². The Balaban J connectivity index is 3.05. The first-order chi connectivity index (χ1) is 7.97. The third-order valence-corrected chi connectivity index (χ3v) is 2.57. The molecule has 3 N–H and O–H groups in total. The molecule has 1 rings (SSSR count). The number of para-hydroxylation sites is 1. The third-order valence-electron chi connectivity index (χ3n) is 1.95. The molecule has 1 aromatic carbocycles. The zero-order valence-corrected chi connectivity index (χ0v) is 10.4. The molecule has 0 spiro atoms. The Labute approximate surface area is 105 Å². The van der Waals surface area contributed by atoms with Gasteiger partial charge in [0.1, 0.15) is 0 Å². The second-order valence-electron chi connectivity index (χ2n) is 3.11. The predicted octanol–water partition coefficient (Wildman–Crippen LogP) is 1.11. The molecule has 17 heavy (non-hydrogen) atoms. The van der Waals surface area contributed by atoms with Crippen LogP contribution in [0.4, 0.5) is 5.69 Å². The van der Waals surface area contributed by atoms with Crippen molar-refractivity contribution in [1.82, 2.24) is 5.43 Å². The number of nitrogens with two attached hydrogens (primary N) is 1. The molecule has 1 aromatic rings. The van der Waals surface area contributed by atoms with Crippen molar-refractivity contribution in [2.75, 3.05) is 0 Å². The largest absolute Gasteiger partial charge is 0.473 e. The van der Waals surface area contributed by atoms with E-state index in [9.17, 15) is 14.9 Å². The Kier molecular flexibility index (Phi) is 4.41. The maximum atomic E-state index is 11.2. The lowest BCUT2D eigenvalue weighted by atomic mass is 10.3. The van der Waals surface area contributed by atoms with Crippen LogP contribution in [-0.2, 0) is 4.79 Å². The van der Waals surface area contributed by atoms with Crippen LogP contribution in [0.15, 0.2) is 22.7 Å². The topological polar surface area (TPSA) is 107 Å². The predicted molar refractivity (Wildman–Crippen MR) is 63.2 cm³/mol. The number of carbonyl (C=O) groups excluding carboxylic acids is 1. The number of carbonyl (C=O) groups is 1. The van der Waals surface area contributed by atoms with Crippen molar-refractivity contribution in [2.24, 2.45) is 5.84 Å². The Morgan fingerprint density at radius 2 is 2.29 bits per heavy atom. The molecular formula is C9H10BrN3O4. The minimum atomic E-state index is -0.933. The number of hydrogen-bond donors (Lipinski definition) is 2. The average Bonchev–Trinajstić information content (AvgIpc) is 2.30. The van der Waals surface area contributed by atoms with Gasteiger partial charge in [0, 0.05) is 6.07 Å². The van der Waals surface area contributed by atoms with Crippen molar-refractivity contribution in [3.05, 3.63) is 32.8 Å². The maximum absolute atomic E-state index is 11.2. The van der Waals surface area contributed by atoms with E-state index < -0.39 is 16.9 Å². The molecule has 0 fully saturated rings. The van der Waals surface area contributed by atoms with E-state index in [1.807, 2.05) is 5.43 Å². The number of halogens is 1. The number of nitro groups is 1. The van der Waals surface area contributed by atoms with Gasteiger partial charge in [-0.15, -0.1) is 0 Å². The molecule has 1 amide bonds. The molecule has 0 aliphatic rings. The normalized spacial score (nSPS) is 11.7. The van der Waals surface area contributed by atoms with Gasteiger partial charge >= 0.3 is 5.69 Å². The van der Waals surface area contributed by atoms with Gasteiger partial charge in [-0.25, -0.2) is 5.84 Å². The smallest absolute Gasteiger partial charge is 0.312 e. The summed E-state index contributed by atoms with van der Waals surface area (Å²) in [6.45, 7) is 1.44.